The number of thiol groups is 1. The Bertz CT molecular complexity index is 1210. The Balaban J connectivity index is 1.25. The molecule has 2 bridgehead atoms. The van der Waals surface area contributed by atoms with Gasteiger partial charge in [0.05, 0.1) is 19.6 Å². The number of rotatable bonds is 7. The summed E-state index contributed by atoms with van der Waals surface area (Å²) in [5, 5.41) is 16.6. The number of halogens is 1. The molecule has 4 fully saturated rings. The summed E-state index contributed by atoms with van der Waals surface area (Å²) < 4.78 is 20.7. The van der Waals surface area contributed by atoms with E-state index in [4.69, 9.17) is 22.1 Å². The number of quaternary nitrogens is 1. The molecule has 0 spiro atoms. The standard InChI is InChI=1S/C30H36FN3O2S/c31-25-13-7-8-22(18-25)28(37)26-19-34(16-14-21(26)15-17-34)20-27-32-29(33-36-27)30(35,23-9-3-1-4-10-23)24-11-5-2-6-12-24/h1,3-4,7-10,13,18,21,24,26,28,35H,2,5-6,11-12,14-17,19-20H2/p+1/t21?,26-,28?,30?,34?/m1/s1. The molecule has 1 saturated carbocycles. The van der Waals surface area contributed by atoms with Crippen molar-refractivity contribution in [3.8, 4) is 0 Å². The van der Waals surface area contributed by atoms with Gasteiger partial charge in [0.1, 0.15) is 5.82 Å². The highest BCUT2D eigenvalue weighted by atomic mass is 32.1. The van der Waals surface area contributed by atoms with E-state index in [2.05, 4.69) is 5.16 Å². The van der Waals surface area contributed by atoms with E-state index in [1.165, 1.54) is 12.5 Å². The van der Waals surface area contributed by atoms with Crippen LogP contribution in [0.1, 0.15) is 73.0 Å². The molecule has 196 valence electrons. The van der Waals surface area contributed by atoms with Crippen molar-refractivity contribution >= 4 is 12.6 Å². The fourth-order valence-corrected chi connectivity index (χ4v) is 7.88. The lowest BCUT2D eigenvalue weighted by Gasteiger charge is -2.53. The van der Waals surface area contributed by atoms with Crippen LogP contribution in [0.5, 0.6) is 0 Å². The van der Waals surface area contributed by atoms with E-state index < -0.39 is 5.60 Å². The summed E-state index contributed by atoms with van der Waals surface area (Å²) in [6.45, 7) is 3.79. The van der Waals surface area contributed by atoms with Gasteiger partial charge in [-0.15, -0.1) is 0 Å². The maximum Gasteiger partial charge on any atom is 0.282 e. The fourth-order valence-electron chi connectivity index (χ4n) is 7.38. The van der Waals surface area contributed by atoms with E-state index in [-0.39, 0.29) is 17.0 Å². The average Bonchev–Trinajstić information content (AvgIpc) is 3.42. The van der Waals surface area contributed by atoms with Crippen LogP contribution in [0.3, 0.4) is 0 Å². The lowest BCUT2D eigenvalue weighted by Crippen LogP contribution is -2.61. The number of piperidine rings is 3. The topological polar surface area (TPSA) is 59.2 Å². The van der Waals surface area contributed by atoms with Crippen LogP contribution in [0, 0.1) is 23.6 Å². The van der Waals surface area contributed by atoms with E-state index >= 15 is 0 Å². The number of aliphatic hydroxyl groups is 1. The second-order valence-corrected chi connectivity index (χ2v) is 12.2. The molecule has 37 heavy (non-hydrogen) atoms. The Labute approximate surface area is 224 Å². The first kappa shape index (κ1) is 25.1. The summed E-state index contributed by atoms with van der Waals surface area (Å²) in [5.41, 5.74) is 0.558. The Morgan fingerprint density at radius 3 is 2.51 bits per heavy atom. The predicted octanol–water partition coefficient (Wildman–Crippen LogP) is 6.05. The SMILES string of the molecule is OC(c1ccccc1)(c1noc(C[N+]23CCC(CC2)[C@H](C(S)c2cccc(F)c2)C3)n1)C1CCCCC1. The van der Waals surface area contributed by atoms with Crippen molar-refractivity contribution in [1.82, 2.24) is 10.1 Å². The number of nitrogens with zero attached hydrogens (tertiary/aromatic N) is 3. The Hall–Kier alpha value is -2.22. The zero-order chi connectivity index (χ0) is 25.5. The summed E-state index contributed by atoms with van der Waals surface area (Å²) in [6.07, 6.45) is 7.63. The van der Waals surface area contributed by atoms with Gasteiger partial charge in [-0.3, -0.25) is 0 Å². The highest BCUT2D eigenvalue weighted by Gasteiger charge is 2.50. The molecule has 7 rings (SSSR count). The number of hydrogen-bond donors (Lipinski definition) is 2. The Morgan fingerprint density at radius 2 is 1.78 bits per heavy atom. The quantitative estimate of drug-likeness (QED) is 0.293. The Kier molecular flexibility index (Phi) is 6.88. The van der Waals surface area contributed by atoms with Crippen molar-refractivity contribution in [3.63, 3.8) is 0 Å². The molecule has 0 radical (unpaired) electrons. The van der Waals surface area contributed by atoms with Gasteiger partial charge in [0, 0.05) is 24.0 Å². The molecule has 3 aromatic rings. The molecule has 4 heterocycles. The fraction of sp³-hybridized carbons (Fsp3) is 0.533. The van der Waals surface area contributed by atoms with Crippen molar-refractivity contribution in [1.29, 1.82) is 0 Å². The van der Waals surface area contributed by atoms with Crippen molar-refractivity contribution in [3.05, 3.63) is 83.3 Å². The summed E-state index contributed by atoms with van der Waals surface area (Å²) >= 11 is 4.99. The van der Waals surface area contributed by atoms with Crippen molar-refractivity contribution < 1.29 is 18.5 Å². The minimum absolute atomic E-state index is 0.00604. The number of hydrogen-bond acceptors (Lipinski definition) is 5. The first-order chi connectivity index (χ1) is 18.0. The lowest BCUT2D eigenvalue weighted by atomic mass is 9.73. The first-order valence-electron chi connectivity index (χ1n) is 13.9. The third-order valence-electron chi connectivity index (χ3n) is 9.44. The molecule has 3 atom stereocenters. The van der Waals surface area contributed by atoms with Gasteiger partial charge < -0.3 is 14.1 Å². The first-order valence-corrected chi connectivity index (χ1v) is 14.4. The van der Waals surface area contributed by atoms with Crippen LogP contribution < -0.4 is 0 Å². The molecule has 5 nitrogen and oxygen atoms in total. The molecule has 0 amide bonds. The highest BCUT2D eigenvalue weighted by Crippen LogP contribution is 2.47. The summed E-state index contributed by atoms with van der Waals surface area (Å²) in [5.74, 6) is 1.85. The zero-order valence-electron chi connectivity index (χ0n) is 21.3. The van der Waals surface area contributed by atoms with Crippen LogP contribution in [0.15, 0.2) is 59.1 Å². The zero-order valence-corrected chi connectivity index (χ0v) is 22.2. The normalized spacial score (nSPS) is 28.6. The molecule has 1 aromatic heterocycles. The van der Waals surface area contributed by atoms with E-state index in [9.17, 15) is 9.50 Å². The van der Waals surface area contributed by atoms with E-state index in [1.807, 2.05) is 36.4 Å². The minimum atomic E-state index is -1.24. The minimum Gasteiger partial charge on any atom is -0.377 e. The molecular weight excluding hydrogens is 485 g/mol. The predicted molar refractivity (Wildman–Crippen MR) is 143 cm³/mol. The summed E-state index contributed by atoms with van der Waals surface area (Å²) in [6, 6.07) is 16.7. The van der Waals surface area contributed by atoms with Gasteiger partial charge >= 0.3 is 0 Å². The van der Waals surface area contributed by atoms with Gasteiger partial charge in [-0.1, -0.05) is 66.9 Å². The third-order valence-corrected chi connectivity index (χ3v) is 10.1. The smallest absolute Gasteiger partial charge is 0.282 e. The van der Waals surface area contributed by atoms with Gasteiger partial charge in [0.2, 0.25) is 5.82 Å². The van der Waals surface area contributed by atoms with Crippen LogP contribution in [-0.2, 0) is 12.1 Å². The van der Waals surface area contributed by atoms with E-state index in [1.54, 1.807) is 12.1 Å². The maximum atomic E-state index is 13.9. The molecule has 4 aliphatic rings. The lowest BCUT2D eigenvalue weighted by molar-refractivity contribution is -0.960. The maximum absolute atomic E-state index is 13.9. The molecule has 3 aliphatic heterocycles. The van der Waals surface area contributed by atoms with Crippen LogP contribution >= 0.6 is 12.6 Å². The number of benzene rings is 2. The van der Waals surface area contributed by atoms with Gasteiger partial charge in [0.15, 0.2) is 12.1 Å². The monoisotopic (exact) mass is 522 g/mol. The van der Waals surface area contributed by atoms with Gasteiger partial charge in [0.25, 0.3) is 5.89 Å². The average molecular weight is 523 g/mol. The molecular formula is C30H37FN3O2S+. The van der Waals surface area contributed by atoms with Crippen molar-refractivity contribution in [2.45, 2.75) is 62.3 Å². The van der Waals surface area contributed by atoms with Crippen LogP contribution in [0.25, 0.3) is 0 Å². The van der Waals surface area contributed by atoms with Crippen LogP contribution in [0.2, 0.25) is 0 Å². The largest absolute Gasteiger partial charge is 0.377 e. The summed E-state index contributed by atoms with van der Waals surface area (Å²) in [7, 11) is 0. The van der Waals surface area contributed by atoms with E-state index in [0.29, 0.717) is 30.1 Å². The Morgan fingerprint density at radius 1 is 1.03 bits per heavy atom. The second-order valence-electron chi connectivity index (χ2n) is 11.6. The molecule has 1 aliphatic carbocycles. The van der Waals surface area contributed by atoms with Crippen LogP contribution in [-0.4, -0.2) is 39.4 Å². The van der Waals surface area contributed by atoms with Gasteiger partial charge in [-0.2, -0.15) is 17.6 Å². The van der Waals surface area contributed by atoms with Crippen molar-refractivity contribution in [2.75, 3.05) is 19.6 Å². The molecule has 7 heteroatoms. The van der Waals surface area contributed by atoms with E-state index in [0.717, 1.165) is 73.8 Å². The number of fused-ring (bicyclic) bond motifs is 3. The van der Waals surface area contributed by atoms with Crippen LogP contribution in [0.4, 0.5) is 4.39 Å². The number of aromatic nitrogens is 2. The van der Waals surface area contributed by atoms with Gasteiger partial charge in [-0.25, -0.2) is 4.39 Å². The van der Waals surface area contributed by atoms with Crippen molar-refractivity contribution in [2.24, 2.45) is 17.8 Å². The molecule has 2 unspecified atom stereocenters. The second kappa shape index (κ2) is 10.2. The molecule has 2 aromatic carbocycles. The summed E-state index contributed by atoms with van der Waals surface area (Å²) in [4.78, 5) is 4.87. The molecule has 1 N–H and O–H groups in total. The van der Waals surface area contributed by atoms with Gasteiger partial charge in [-0.05, 0) is 47.9 Å². The highest BCUT2D eigenvalue weighted by molar-refractivity contribution is 7.80. The third kappa shape index (κ3) is 4.75. The molecule has 3 saturated heterocycles.